The van der Waals surface area contributed by atoms with Crippen LogP contribution in [-0.2, 0) is 0 Å². The summed E-state index contributed by atoms with van der Waals surface area (Å²) in [4.78, 5) is 0. The Bertz CT molecular complexity index is 146. The quantitative estimate of drug-likeness (QED) is 0.581. The summed E-state index contributed by atoms with van der Waals surface area (Å²) < 4.78 is 6.03. The highest BCUT2D eigenvalue weighted by molar-refractivity contribution is 14.2. The summed E-state index contributed by atoms with van der Waals surface area (Å²) in [6.07, 6.45) is 3.62. The third-order valence-electron chi connectivity index (χ3n) is 0.566. The summed E-state index contributed by atoms with van der Waals surface area (Å²) in [5.74, 6) is 0. The van der Waals surface area contributed by atoms with E-state index in [9.17, 15) is 0 Å². The summed E-state index contributed by atoms with van der Waals surface area (Å²) in [5.41, 5.74) is 6.10. The van der Waals surface area contributed by atoms with Gasteiger partial charge in [-0.25, -0.2) is 3.21 Å². The van der Waals surface area contributed by atoms with Gasteiger partial charge in [0, 0.05) is 21.0 Å². The number of nitrogens with zero attached hydrogens (tertiary/aromatic N) is 1. The van der Waals surface area contributed by atoms with E-state index in [2.05, 4.69) is 3.21 Å². The first-order valence-electron chi connectivity index (χ1n) is 1.84. The van der Waals surface area contributed by atoms with E-state index < -0.39 is 0 Å². The Kier molecular flexibility index (Phi) is 1.56. The standard InChI is InChI=1S/C4H5IN2/c6-4-1-2-5-7-3-4/h1-3H,6H2. The lowest BCUT2D eigenvalue weighted by Crippen LogP contribution is -1.98. The molecular formula is C4H5IN2. The highest BCUT2D eigenvalue weighted by atomic mass is 127. The molecule has 1 rings (SSSR count). The molecule has 0 aromatic heterocycles. The van der Waals surface area contributed by atoms with Crippen LogP contribution in [0.1, 0.15) is 0 Å². The van der Waals surface area contributed by atoms with Crippen molar-refractivity contribution >= 4 is 31.2 Å². The zero-order valence-corrected chi connectivity index (χ0v) is 5.79. The molecule has 1 aliphatic rings. The van der Waals surface area contributed by atoms with Gasteiger partial charge in [-0.2, -0.15) is 0 Å². The summed E-state index contributed by atoms with van der Waals surface area (Å²) in [6, 6.07) is 0. The Morgan fingerprint density at radius 1 is 1.71 bits per heavy atom. The second-order valence-corrected chi connectivity index (χ2v) is 2.95. The minimum Gasteiger partial charge on any atom is -0.397 e. The number of rotatable bonds is 0. The van der Waals surface area contributed by atoms with Crippen LogP contribution < -0.4 is 5.73 Å². The van der Waals surface area contributed by atoms with Crippen molar-refractivity contribution in [3.05, 3.63) is 11.8 Å². The molecule has 0 aromatic carbocycles. The molecular weight excluding hydrogens is 203 g/mol. The molecule has 0 unspecified atom stereocenters. The molecule has 0 fully saturated rings. The Hall–Kier alpha value is -0.190. The largest absolute Gasteiger partial charge is 0.397 e. The fourth-order valence-corrected chi connectivity index (χ4v) is 1.51. The van der Waals surface area contributed by atoms with Gasteiger partial charge in [0.2, 0.25) is 0 Å². The van der Waals surface area contributed by atoms with Gasteiger partial charge < -0.3 is 5.73 Å². The van der Waals surface area contributed by atoms with Crippen molar-refractivity contribution < 1.29 is 0 Å². The second kappa shape index (κ2) is 2.20. The topological polar surface area (TPSA) is 38.4 Å². The third kappa shape index (κ3) is 1.38. The maximum Gasteiger partial charge on any atom is 0.0559 e. The predicted molar refractivity (Wildman–Crippen MR) is 40.8 cm³/mol. The van der Waals surface area contributed by atoms with Crippen LogP contribution in [0.5, 0.6) is 0 Å². The van der Waals surface area contributed by atoms with Gasteiger partial charge in [0.1, 0.15) is 0 Å². The van der Waals surface area contributed by atoms with E-state index in [0.29, 0.717) is 0 Å². The first kappa shape index (κ1) is 4.96. The minimum absolute atomic E-state index is 0.0244. The molecule has 0 amide bonds. The van der Waals surface area contributed by atoms with E-state index in [4.69, 9.17) is 5.73 Å². The van der Waals surface area contributed by atoms with Crippen LogP contribution in [0.4, 0.5) is 0 Å². The maximum absolute atomic E-state index is 5.33. The van der Waals surface area contributed by atoms with E-state index in [1.807, 2.05) is 10.1 Å². The fourth-order valence-electron chi connectivity index (χ4n) is 0.261. The molecule has 0 saturated carbocycles. The van der Waals surface area contributed by atoms with E-state index >= 15 is 0 Å². The van der Waals surface area contributed by atoms with Gasteiger partial charge >= 0.3 is 0 Å². The predicted octanol–water partition coefficient (Wildman–Crippen LogP) is 0.601. The normalized spacial score (nSPS) is 18.0. The SMILES string of the molecule is NC1=CC=IN=C1. The molecule has 2 N–H and O–H groups in total. The highest BCUT2D eigenvalue weighted by Gasteiger charge is 1.81. The fraction of sp³-hybridized carbons (Fsp3) is 0. The maximum atomic E-state index is 5.33. The van der Waals surface area contributed by atoms with Gasteiger partial charge in [-0.15, -0.1) is 0 Å². The summed E-state index contributed by atoms with van der Waals surface area (Å²) >= 11 is -0.0244. The lowest BCUT2D eigenvalue weighted by atomic mass is 10.5. The van der Waals surface area contributed by atoms with Crippen molar-refractivity contribution in [1.82, 2.24) is 0 Å². The van der Waals surface area contributed by atoms with E-state index in [1.54, 1.807) is 6.21 Å². The van der Waals surface area contributed by atoms with Crippen molar-refractivity contribution in [1.29, 1.82) is 0 Å². The molecule has 0 aliphatic carbocycles. The van der Waals surface area contributed by atoms with Crippen LogP contribution in [0.3, 0.4) is 0 Å². The van der Waals surface area contributed by atoms with Gasteiger partial charge in [-0.1, -0.05) is 0 Å². The lowest BCUT2D eigenvalue weighted by molar-refractivity contribution is 1.52. The molecule has 3 heteroatoms. The van der Waals surface area contributed by atoms with Crippen LogP contribution in [-0.4, -0.2) is 10.2 Å². The van der Waals surface area contributed by atoms with Crippen LogP contribution in [0.2, 0.25) is 0 Å². The summed E-state index contributed by atoms with van der Waals surface area (Å²) in [7, 11) is 0. The van der Waals surface area contributed by atoms with Gasteiger partial charge in [0.15, 0.2) is 0 Å². The van der Waals surface area contributed by atoms with Crippen molar-refractivity contribution in [2.75, 3.05) is 0 Å². The number of hydrogen-bond acceptors (Lipinski definition) is 2. The molecule has 1 aliphatic heterocycles. The Labute approximate surface area is 52.2 Å². The molecule has 0 radical (unpaired) electrons. The van der Waals surface area contributed by atoms with Gasteiger partial charge in [-0.05, 0) is 10.1 Å². The molecule has 0 saturated heterocycles. The van der Waals surface area contributed by atoms with Crippen molar-refractivity contribution in [2.45, 2.75) is 0 Å². The molecule has 0 bridgehead atoms. The number of halogens is 1. The first-order chi connectivity index (χ1) is 3.39. The minimum atomic E-state index is -0.0244. The number of allylic oxidation sites excluding steroid dienone is 2. The zero-order valence-electron chi connectivity index (χ0n) is 3.63. The molecule has 0 atom stereocenters. The van der Waals surface area contributed by atoms with E-state index in [1.165, 1.54) is 0 Å². The van der Waals surface area contributed by atoms with Crippen molar-refractivity contribution in [2.24, 2.45) is 8.94 Å². The Balaban J connectivity index is 2.82. The average molecular weight is 208 g/mol. The molecule has 1 heterocycles. The van der Waals surface area contributed by atoms with Gasteiger partial charge in [0.25, 0.3) is 0 Å². The van der Waals surface area contributed by atoms with E-state index in [0.717, 1.165) is 5.70 Å². The molecule has 7 heavy (non-hydrogen) atoms. The highest BCUT2D eigenvalue weighted by Crippen LogP contribution is 2.00. The van der Waals surface area contributed by atoms with Gasteiger partial charge in [0.05, 0.1) is 11.9 Å². The van der Waals surface area contributed by atoms with Crippen molar-refractivity contribution in [3.63, 3.8) is 0 Å². The van der Waals surface area contributed by atoms with Crippen LogP contribution >= 0.6 is 21.0 Å². The van der Waals surface area contributed by atoms with Crippen LogP contribution in [0.15, 0.2) is 15.0 Å². The Morgan fingerprint density at radius 3 is 2.86 bits per heavy atom. The zero-order chi connectivity index (χ0) is 5.11. The van der Waals surface area contributed by atoms with E-state index in [-0.39, 0.29) is 21.0 Å². The van der Waals surface area contributed by atoms with Crippen LogP contribution in [0, 0.1) is 0 Å². The molecule has 2 nitrogen and oxygen atoms in total. The summed E-state index contributed by atoms with van der Waals surface area (Å²) in [5, 5.41) is 0. The monoisotopic (exact) mass is 208 g/mol. The third-order valence-corrected chi connectivity index (χ3v) is 1.85. The molecule has 0 spiro atoms. The lowest BCUT2D eigenvalue weighted by Gasteiger charge is -1.88. The van der Waals surface area contributed by atoms with Gasteiger partial charge in [-0.3, -0.25) is 0 Å². The van der Waals surface area contributed by atoms with Crippen molar-refractivity contribution in [3.8, 4) is 0 Å². The average Bonchev–Trinajstić information content (AvgIpc) is 1.69. The number of hydrogen-bond donors (Lipinski definition) is 1. The smallest absolute Gasteiger partial charge is 0.0559 e. The first-order valence-corrected chi connectivity index (χ1v) is 4.06. The van der Waals surface area contributed by atoms with Crippen LogP contribution in [0.25, 0.3) is 0 Å². The number of nitrogens with two attached hydrogens (primary N) is 1. The summed E-state index contributed by atoms with van der Waals surface area (Å²) in [6.45, 7) is 0. The molecule has 38 valence electrons. The Morgan fingerprint density at radius 2 is 2.57 bits per heavy atom. The molecule has 0 aromatic rings. The second-order valence-electron chi connectivity index (χ2n) is 1.12.